The van der Waals surface area contributed by atoms with Gasteiger partial charge in [0.2, 0.25) is 10.0 Å². The highest BCUT2D eigenvalue weighted by Gasteiger charge is 2.22. The molecule has 0 spiro atoms. The lowest BCUT2D eigenvalue weighted by Crippen LogP contribution is -2.27. The van der Waals surface area contributed by atoms with E-state index in [9.17, 15) is 17.2 Å². The molecule has 0 saturated carbocycles. The molecule has 2 rings (SSSR count). The number of thiazole rings is 1. The highest BCUT2D eigenvalue weighted by Crippen LogP contribution is 2.19. The van der Waals surface area contributed by atoms with E-state index in [2.05, 4.69) is 9.71 Å². The molecule has 21 heavy (non-hydrogen) atoms. The Morgan fingerprint density at radius 2 is 2.10 bits per heavy atom. The van der Waals surface area contributed by atoms with E-state index in [4.69, 9.17) is 5.73 Å². The number of nitrogens with two attached hydrogens (primary N) is 1. The molecule has 114 valence electrons. The van der Waals surface area contributed by atoms with E-state index >= 15 is 0 Å². The smallest absolute Gasteiger partial charge is 0.243 e. The summed E-state index contributed by atoms with van der Waals surface area (Å²) in [5.74, 6) is -2.65. The molecule has 2 aromatic rings. The minimum absolute atomic E-state index is 0.0454. The van der Waals surface area contributed by atoms with Gasteiger partial charge in [0, 0.05) is 31.1 Å². The standard InChI is InChI=1S/C12H13F2N3O2S2/c13-9-5-8(7-15)6-10(12(9)14)21(18,19)17-2-1-11-16-3-4-20-11/h3-6,17H,1-2,7,15H2. The van der Waals surface area contributed by atoms with Gasteiger partial charge in [-0.3, -0.25) is 0 Å². The average Bonchev–Trinajstić information content (AvgIpc) is 2.94. The molecule has 0 aliphatic carbocycles. The fraction of sp³-hybridized carbons (Fsp3) is 0.250. The number of aromatic nitrogens is 1. The van der Waals surface area contributed by atoms with Crippen molar-refractivity contribution >= 4 is 21.4 Å². The number of hydrogen-bond donors (Lipinski definition) is 2. The molecule has 0 unspecified atom stereocenters. The molecule has 0 fully saturated rings. The van der Waals surface area contributed by atoms with Gasteiger partial charge in [-0.25, -0.2) is 26.9 Å². The van der Waals surface area contributed by atoms with E-state index in [1.807, 2.05) is 0 Å². The lowest BCUT2D eigenvalue weighted by Gasteiger charge is -2.09. The monoisotopic (exact) mass is 333 g/mol. The average molecular weight is 333 g/mol. The van der Waals surface area contributed by atoms with Crippen molar-refractivity contribution in [3.05, 3.63) is 45.9 Å². The SMILES string of the molecule is NCc1cc(F)c(F)c(S(=O)(=O)NCCc2nccs2)c1. The second kappa shape index (κ2) is 6.56. The van der Waals surface area contributed by atoms with Gasteiger partial charge in [0.25, 0.3) is 0 Å². The summed E-state index contributed by atoms with van der Waals surface area (Å²) in [7, 11) is -4.14. The number of hydrogen-bond acceptors (Lipinski definition) is 5. The fourth-order valence-electron chi connectivity index (χ4n) is 1.68. The molecule has 0 aliphatic heterocycles. The summed E-state index contributed by atoms with van der Waals surface area (Å²) in [6.45, 7) is -0.0391. The van der Waals surface area contributed by atoms with Crippen molar-refractivity contribution in [2.45, 2.75) is 17.9 Å². The Kier molecular flexibility index (Phi) is 4.99. The first-order valence-corrected chi connectivity index (χ1v) is 8.36. The van der Waals surface area contributed by atoms with Gasteiger partial charge >= 0.3 is 0 Å². The molecule has 0 saturated heterocycles. The molecular formula is C12H13F2N3O2S2. The molecule has 0 amide bonds. The Morgan fingerprint density at radius 1 is 1.33 bits per heavy atom. The van der Waals surface area contributed by atoms with Gasteiger partial charge in [-0.05, 0) is 17.7 Å². The summed E-state index contributed by atoms with van der Waals surface area (Å²) in [6.07, 6.45) is 1.98. The summed E-state index contributed by atoms with van der Waals surface area (Å²) in [5.41, 5.74) is 5.54. The van der Waals surface area contributed by atoms with Gasteiger partial charge < -0.3 is 5.73 Å². The third kappa shape index (κ3) is 3.82. The molecular weight excluding hydrogens is 320 g/mol. The molecule has 1 aromatic heterocycles. The van der Waals surface area contributed by atoms with Gasteiger partial charge in [-0.2, -0.15) is 0 Å². The van der Waals surface area contributed by atoms with Crippen molar-refractivity contribution in [2.75, 3.05) is 6.54 Å². The number of halogens is 2. The first-order valence-electron chi connectivity index (χ1n) is 6.00. The van der Waals surface area contributed by atoms with Crippen LogP contribution < -0.4 is 10.5 Å². The molecule has 1 aromatic carbocycles. The van der Waals surface area contributed by atoms with Crippen molar-refractivity contribution in [3.63, 3.8) is 0 Å². The van der Waals surface area contributed by atoms with Crippen LogP contribution in [0.5, 0.6) is 0 Å². The van der Waals surface area contributed by atoms with Crippen molar-refractivity contribution in [3.8, 4) is 0 Å². The highest BCUT2D eigenvalue weighted by molar-refractivity contribution is 7.89. The van der Waals surface area contributed by atoms with Gasteiger partial charge in [-0.1, -0.05) is 0 Å². The highest BCUT2D eigenvalue weighted by atomic mass is 32.2. The molecule has 0 aliphatic rings. The maximum atomic E-state index is 13.7. The van der Waals surface area contributed by atoms with Gasteiger partial charge in [-0.15, -0.1) is 11.3 Å². The van der Waals surface area contributed by atoms with Crippen LogP contribution in [0.2, 0.25) is 0 Å². The maximum Gasteiger partial charge on any atom is 0.243 e. The van der Waals surface area contributed by atoms with Gasteiger partial charge in [0.05, 0.1) is 5.01 Å². The lowest BCUT2D eigenvalue weighted by molar-refractivity contribution is 0.481. The minimum Gasteiger partial charge on any atom is -0.326 e. The third-order valence-electron chi connectivity index (χ3n) is 2.69. The predicted octanol–water partition coefficient (Wildman–Crippen LogP) is 1.40. The van der Waals surface area contributed by atoms with Crippen LogP contribution in [0.3, 0.4) is 0 Å². The summed E-state index contributed by atoms with van der Waals surface area (Å²) in [6, 6.07) is 1.91. The number of nitrogens with one attached hydrogen (secondary N) is 1. The Hall–Kier alpha value is -1.42. The Morgan fingerprint density at radius 3 is 2.71 bits per heavy atom. The lowest BCUT2D eigenvalue weighted by atomic mass is 10.2. The van der Waals surface area contributed by atoms with Crippen LogP contribution in [0.1, 0.15) is 10.6 Å². The van der Waals surface area contributed by atoms with Crippen LogP contribution in [0.15, 0.2) is 28.6 Å². The van der Waals surface area contributed by atoms with E-state index in [0.717, 1.165) is 17.1 Å². The van der Waals surface area contributed by atoms with E-state index in [0.29, 0.717) is 6.42 Å². The Balaban J connectivity index is 2.17. The van der Waals surface area contributed by atoms with Crippen LogP contribution >= 0.6 is 11.3 Å². The third-order valence-corrected chi connectivity index (χ3v) is 4.99. The molecule has 9 heteroatoms. The minimum atomic E-state index is -4.14. The van der Waals surface area contributed by atoms with E-state index in [1.54, 1.807) is 11.6 Å². The van der Waals surface area contributed by atoms with Gasteiger partial charge in [0.15, 0.2) is 11.6 Å². The molecule has 3 N–H and O–H groups in total. The summed E-state index contributed by atoms with van der Waals surface area (Å²) in [4.78, 5) is 3.27. The summed E-state index contributed by atoms with van der Waals surface area (Å²) < 4.78 is 53.3. The van der Waals surface area contributed by atoms with Crippen LogP contribution in [0.25, 0.3) is 0 Å². The molecule has 1 heterocycles. The number of sulfonamides is 1. The van der Waals surface area contributed by atoms with E-state index in [-0.39, 0.29) is 18.7 Å². The zero-order valence-corrected chi connectivity index (χ0v) is 12.5. The zero-order valence-electron chi connectivity index (χ0n) is 10.8. The van der Waals surface area contributed by atoms with Crippen LogP contribution in [0.4, 0.5) is 8.78 Å². The van der Waals surface area contributed by atoms with Crippen molar-refractivity contribution in [1.82, 2.24) is 9.71 Å². The Labute approximate surface area is 124 Å². The van der Waals surface area contributed by atoms with E-state index < -0.39 is 26.6 Å². The predicted molar refractivity (Wildman–Crippen MR) is 75.3 cm³/mol. The normalized spacial score (nSPS) is 11.8. The van der Waals surface area contributed by atoms with Crippen molar-refractivity contribution in [2.24, 2.45) is 5.73 Å². The van der Waals surface area contributed by atoms with Crippen LogP contribution in [-0.2, 0) is 23.0 Å². The van der Waals surface area contributed by atoms with Crippen molar-refractivity contribution in [1.29, 1.82) is 0 Å². The number of nitrogens with zero attached hydrogens (tertiary/aromatic N) is 1. The zero-order chi connectivity index (χ0) is 15.5. The number of rotatable bonds is 6. The van der Waals surface area contributed by atoms with Crippen molar-refractivity contribution < 1.29 is 17.2 Å². The number of benzene rings is 1. The molecule has 0 atom stereocenters. The molecule has 0 radical (unpaired) electrons. The fourth-order valence-corrected chi connectivity index (χ4v) is 3.46. The summed E-state index contributed by atoms with van der Waals surface area (Å²) >= 11 is 1.38. The molecule has 0 bridgehead atoms. The first kappa shape index (κ1) is 16.0. The Bertz CT molecular complexity index is 718. The maximum absolute atomic E-state index is 13.7. The van der Waals surface area contributed by atoms with Gasteiger partial charge in [0.1, 0.15) is 4.90 Å². The largest absolute Gasteiger partial charge is 0.326 e. The molecule has 5 nitrogen and oxygen atoms in total. The van der Waals surface area contributed by atoms with Crippen LogP contribution in [0, 0.1) is 11.6 Å². The van der Waals surface area contributed by atoms with E-state index in [1.165, 1.54) is 11.3 Å². The second-order valence-electron chi connectivity index (χ2n) is 4.17. The summed E-state index contributed by atoms with van der Waals surface area (Å²) in [5, 5.41) is 2.52. The quantitative estimate of drug-likeness (QED) is 0.837. The first-order chi connectivity index (χ1) is 9.94. The topological polar surface area (TPSA) is 85.1 Å². The second-order valence-corrected chi connectivity index (χ2v) is 6.88. The van der Waals surface area contributed by atoms with Crippen LogP contribution in [-0.4, -0.2) is 19.9 Å².